The van der Waals surface area contributed by atoms with Crippen LogP contribution in [-0.2, 0) is 9.53 Å². The topological polar surface area (TPSA) is 55.6 Å². The molecule has 1 amide bonds. The third-order valence-electron chi connectivity index (χ3n) is 1.62. The van der Waals surface area contributed by atoms with Gasteiger partial charge in [0, 0.05) is 13.7 Å². The number of hydrogen-bond acceptors (Lipinski definition) is 3. The molecule has 0 aromatic carbocycles. The standard InChI is InChI=1S/C8H16F2N2O2/c1-6(11)8(13)12(3-4-14-2)5-7(9)10/h6-7H,3-5,11H2,1-2H3/t6-/m1/s1. The average Bonchev–Trinajstić information content (AvgIpc) is 2.10. The van der Waals surface area contributed by atoms with E-state index in [0.29, 0.717) is 0 Å². The third-order valence-corrected chi connectivity index (χ3v) is 1.62. The Hall–Kier alpha value is -0.750. The summed E-state index contributed by atoms with van der Waals surface area (Å²) in [5.74, 6) is -0.484. The zero-order valence-corrected chi connectivity index (χ0v) is 8.37. The first-order chi connectivity index (χ1) is 6.49. The highest BCUT2D eigenvalue weighted by atomic mass is 19.3. The van der Waals surface area contributed by atoms with Gasteiger partial charge in [-0.3, -0.25) is 4.79 Å². The summed E-state index contributed by atoms with van der Waals surface area (Å²) < 4.78 is 28.8. The van der Waals surface area contributed by atoms with Crippen LogP contribution in [0.1, 0.15) is 6.92 Å². The summed E-state index contributed by atoms with van der Waals surface area (Å²) in [7, 11) is 1.44. The molecule has 0 bridgehead atoms. The van der Waals surface area contributed by atoms with Gasteiger partial charge in [-0.1, -0.05) is 0 Å². The van der Waals surface area contributed by atoms with Crippen LogP contribution in [0.2, 0.25) is 0 Å². The van der Waals surface area contributed by atoms with Gasteiger partial charge in [-0.2, -0.15) is 0 Å². The van der Waals surface area contributed by atoms with Gasteiger partial charge in [0.1, 0.15) is 0 Å². The van der Waals surface area contributed by atoms with E-state index in [1.807, 2.05) is 0 Å². The van der Waals surface area contributed by atoms with Gasteiger partial charge in [0.15, 0.2) is 0 Å². The summed E-state index contributed by atoms with van der Waals surface area (Å²) in [5, 5.41) is 0. The molecule has 0 heterocycles. The van der Waals surface area contributed by atoms with Crippen LogP contribution in [0.25, 0.3) is 0 Å². The predicted molar refractivity (Wildman–Crippen MR) is 48.1 cm³/mol. The number of nitrogens with two attached hydrogens (primary N) is 1. The number of rotatable bonds is 6. The van der Waals surface area contributed by atoms with Gasteiger partial charge < -0.3 is 15.4 Å². The highest BCUT2D eigenvalue weighted by Crippen LogP contribution is 2.00. The molecule has 0 fully saturated rings. The van der Waals surface area contributed by atoms with Gasteiger partial charge in [-0.15, -0.1) is 0 Å². The lowest BCUT2D eigenvalue weighted by Gasteiger charge is -2.23. The second-order valence-electron chi connectivity index (χ2n) is 2.96. The maximum absolute atomic E-state index is 12.1. The first-order valence-electron chi connectivity index (χ1n) is 4.30. The molecule has 2 N–H and O–H groups in total. The maximum Gasteiger partial charge on any atom is 0.255 e. The zero-order valence-electron chi connectivity index (χ0n) is 8.37. The van der Waals surface area contributed by atoms with Crippen molar-refractivity contribution in [3.8, 4) is 0 Å². The molecular weight excluding hydrogens is 194 g/mol. The minimum absolute atomic E-state index is 0.140. The number of carbonyl (C=O) groups is 1. The molecule has 0 unspecified atom stereocenters. The molecule has 14 heavy (non-hydrogen) atoms. The maximum atomic E-state index is 12.1. The van der Waals surface area contributed by atoms with Crippen LogP contribution >= 0.6 is 0 Å². The van der Waals surface area contributed by atoms with Crippen LogP contribution in [0.4, 0.5) is 8.78 Å². The van der Waals surface area contributed by atoms with Gasteiger partial charge in [0.2, 0.25) is 5.91 Å². The average molecular weight is 210 g/mol. The van der Waals surface area contributed by atoms with Crippen LogP contribution in [0.15, 0.2) is 0 Å². The van der Waals surface area contributed by atoms with E-state index in [4.69, 9.17) is 10.5 Å². The Balaban J connectivity index is 4.15. The molecule has 0 aliphatic rings. The summed E-state index contributed by atoms with van der Waals surface area (Å²) in [6.45, 7) is 1.24. The van der Waals surface area contributed by atoms with E-state index in [-0.39, 0.29) is 13.2 Å². The zero-order chi connectivity index (χ0) is 11.1. The van der Waals surface area contributed by atoms with Crippen molar-refractivity contribution < 1.29 is 18.3 Å². The van der Waals surface area contributed by atoms with E-state index in [9.17, 15) is 13.6 Å². The van der Waals surface area contributed by atoms with Gasteiger partial charge in [-0.25, -0.2) is 8.78 Å². The van der Waals surface area contributed by atoms with Crippen LogP contribution in [0.5, 0.6) is 0 Å². The Bertz CT molecular complexity index is 177. The minimum Gasteiger partial charge on any atom is -0.383 e. The smallest absolute Gasteiger partial charge is 0.255 e. The fraction of sp³-hybridized carbons (Fsp3) is 0.875. The predicted octanol–water partition coefficient (Wildman–Crippen LogP) is 0.0737. The number of nitrogens with zero attached hydrogens (tertiary/aromatic N) is 1. The number of amides is 1. The number of carbonyl (C=O) groups excluding carboxylic acids is 1. The molecule has 0 saturated carbocycles. The molecule has 1 atom stereocenters. The molecule has 84 valence electrons. The van der Waals surface area contributed by atoms with E-state index in [1.54, 1.807) is 0 Å². The summed E-state index contributed by atoms with van der Waals surface area (Å²) in [5.41, 5.74) is 5.31. The first kappa shape index (κ1) is 13.2. The highest BCUT2D eigenvalue weighted by Gasteiger charge is 2.20. The Labute approximate surface area is 82.0 Å². The third kappa shape index (κ3) is 5.08. The second-order valence-corrected chi connectivity index (χ2v) is 2.96. The molecule has 0 aromatic heterocycles. The Morgan fingerprint density at radius 2 is 2.14 bits per heavy atom. The molecule has 6 heteroatoms. The molecule has 0 spiro atoms. The van der Waals surface area contributed by atoms with Crippen molar-refractivity contribution in [3.05, 3.63) is 0 Å². The quantitative estimate of drug-likeness (QED) is 0.675. The van der Waals surface area contributed by atoms with E-state index < -0.39 is 24.9 Å². The van der Waals surface area contributed by atoms with Crippen molar-refractivity contribution in [1.82, 2.24) is 4.90 Å². The van der Waals surface area contributed by atoms with Crippen molar-refractivity contribution in [3.63, 3.8) is 0 Å². The minimum atomic E-state index is -2.55. The molecule has 0 aliphatic carbocycles. The second kappa shape index (κ2) is 6.67. The van der Waals surface area contributed by atoms with Crippen LogP contribution < -0.4 is 5.73 Å². The van der Waals surface area contributed by atoms with Gasteiger partial charge >= 0.3 is 0 Å². The molecule has 0 aromatic rings. The van der Waals surface area contributed by atoms with Crippen molar-refractivity contribution in [1.29, 1.82) is 0 Å². The largest absolute Gasteiger partial charge is 0.383 e. The molecular formula is C8H16F2N2O2. The van der Waals surface area contributed by atoms with Gasteiger partial charge in [-0.05, 0) is 6.92 Å². The van der Waals surface area contributed by atoms with E-state index >= 15 is 0 Å². The van der Waals surface area contributed by atoms with E-state index in [0.717, 1.165) is 4.90 Å². The number of hydrogen-bond donors (Lipinski definition) is 1. The van der Waals surface area contributed by atoms with Gasteiger partial charge in [0.25, 0.3) is 6.43 Å². The Kier molecular flexibility index (Phi) is 6.31. The lowest BCUT2D eigenvalue weighted by Crippen LogP contribution is -2.45. The highest BCUT2D eigenvalue weighted by molar-refractivity contribution is 5.81. The molecule has 4 nitrogen and oxygen atoms in total. The van der Waals surface area contributed by atoms with Crippen molar-refractivity contribution >= 4 is 5.91 Å². The van der Waals surface area contributed by atoms with Crippen molar-refractivity contribution in [2.24, 2.45) is 5.73 Å². The lowest BCUT2D eigenvalue weighted by atomic mass is 10.3. The van der Waals surface area contributed by atoms with Gasteiger partial charge in [0.05, 0.1) is 19.2 Å². The Morgan fingerprint density at radius 1 is 1.57 bits per heavy atom. The van der Waals surface area contributed by atoms with E-state index in [1.165, 1.54) is 14.0 Å². The van der Waals surface area contributed by atoms with Crippen LogP contribution in [0.3, 0.4) is 0 Å². The van der Waals surface area contributed by atoms with E-state index in [2.05, 4.69) is 0 Å². The van der Waals surface area contributed by atoms with Crippen molar-refractivity contribution in [2.75, 3.05) is 26.8 Å². The fourth-order valence-corrected chi connectivity index (χ4v) is 0.948. The SMILES string of the molecule is COCCN(CC(F)F)C(=O)[C@@H](C)N. The fourth-order valence-electron chi connectivity index (χ4n) is 0.948. The monoisotopic (exact) mass is 210 g/mol. The van der Waals surface area contributed by atoms with Crippen molar-refractivity contribution in [2.45, 2.75) is 19.4 Å². The number of halogens is 2. The Morgan fingerprint density at radius 3 is 2.50 bits per heavy atom. The molecule has 0 radical (unpaired) electrons. The summed E-state index contributed by atoms with van der Waals surface area (Å²) in [4.78, 5) is 12.3. The molecule has 0 aliphatic heterocycles. The number of methoxy groups -OCH3 is 1. The number of alkyl halides is 2. The summed E-state index contributed by atoms with van der Waals surface area (Å²) >= 11 is 0. The first-order valence-corrected chi connectivity index (χ1v) is 4.30. The normalized spacial score (nSPS) is 13.0. The lowest BCUT2D eigenvalue weighted by molar-refractivity contribution is -0.134. The number of ether oxygens (including phenoxy) is 1. The molecule has 0 saturated heterocycles. The van der Waals surface area contributed by atoms with Crippen LogP contribution in [0, 0.1) is 0 Å². The molecule has 0 rings (SSSR count). The summed E-state index contributed by atoms with van der Waals surface area (Å²) in [6.07, 6.45) is -2.55. The van der Waals surface area contributed by atoms with Crippen LogP contribution in [-0.4, -0.2) is 50.1 Å². The summed E-state index contributed by atoms with van der Waals surface area (Å²) in [6, 6.07) is -0.759.